The summed E-state index contributed by atoms with van der Waals surface area (Å²) < 4.78 is 31.4. The van der Waals surface area contributed by atoms with Gasteiger partial charge in [0.1, 0.15) is 0 Å². The molecule has 0 aliphatic carbocycles. The first kappa shape index (κ1) is 44.9. The number of rotatable bonds is 6. The number of hydrogen-bond donors (Lipinski definition) is 0. The molecule has 1 fully saturated rings. The number of carbonyl (C=O) groups is 2. The predicted molar refractivity (Wildman–Crippen MR) is 254 cm³/mol. The van der Waals surface area contributed by atoms with Crippen LogP contribution in [-0.4, -0.2) is 83.6 Å². The highest BCUT2D eigenvalue weighted by atomic mass is 127. The third kappa shape index (κ3) is 9.44. The van der Waals surface area contributed by atoms with Gasteiger partial charge in [-0.15, -0.1) is 0 Å². The fourth-order valence-corrected chi connectivity index (χ4v) is 7.83. The van der Waals surface area contributed by atoms with Crippen molar-refractivity contribution in [2.24, 2.45) is 14.1 Å². The van der Waals surface area contributed by atoms with Crippen LogP contribution in [0.2, 0.25) is 0 Å². The zero-order valence-corrected chi connectivity index (χ0v) is 40.5. The lowest BCUT2D eigenvalue weighted by Gasteiger charge is -2.32. The third-order valence-corrected chi connectivity index (χ3v) is 12.1. The SMILES string of the molecule is COC(=O)c1nn(-c2cccc(Br)c2)c2ccc(-c3ccn(C)n3)cc12.COC(=O)c1nn(-c2cccc(Br)c2)c2ccc(I)cc12.Cn1ccc(B2OC(C)(C)C(C)(C)O2)n1. The molecule has 14 nitrogen and oxygen atoms in total. The summed E-state index contributed by atoms with van der Waals surface area (Å²) >= 11 is 9.14. The smallest absolute Gasteiger partial charge is 0.464 e. The Hall–Kier alpha value is -5.15. The summed E-state index contributed by atoms with van der Waals surface area (Å²) in [7, 11) is 6.12. The second-order valence-corrected chi connectivity index (χ2v) is 18.3. The van der Waals surface area contributed by atoms with Gasteiger partial charge in [-0.3, -0.25) is 9.36 Å². The van der Waals surface area contributed by atoms with E-state index in [-0.39, 0.29) is 24.0 Å². The lowest BCUT2D eigenvalue weighted by Crippen LogP contribution is -2.41. The quantitative estimate of drug-likeness (QED) is 0.0901. The van der Waals surface area contributed by atoms with Crippen LogP contribution in [0.3, 0.4) is 0 Å². The van der Waals surface area contributed by atoms with Crippen LogP contribution >= 0.6 is 54.5 Å². The minimum Gasteiger partial charge on any atom is -0.464 e. The van der Waals surface area contributed by atoms with E-state index in [0.717, 1.165) is 62.5 Å². The Bertz CT molecular complexity index is 2930. The fraction of sp³-hybridized carbons (Fsp3) is 0.227. The second-order valence-electron chi connectivity index (χ2n) is 15.2. The maximum atomic E-state index is 12.3. The van der Waals surface area contributed by atoms with Gasteiger partial charge in [0.05, 0.1) is 59.1 Å². The summed E-state index contributed by atoms with van der Waals surface area (Å²) in [5.74, 6) is -0.905. The lowest BCUT2D eigenvalue weighted by atomic mass is 9.85. The van der Waals surface area contributed by atoms with Crippen molar-refractivity contribution in [3.05, 3.63) is 133 Å². The highest BCUT2D eigenvalue weighted by molar-refractivity contribution is 14.1. The summed E-state index contributed by atoms with van der Waals surface area (Å²) in [6.07, 6.45) is 3.77. The summed E-state index contributed by atoms with van der Waals surface area (Å²) in [6, 6.07) is 31.1. The molecule has 0 N–H and O–H groups in total. The Labute approximate surface area is 389 Å². The van der Waals surface area contributed by atoms with Gasteiger partial charge in [0.2, 0.25) is 0 Å². The van der Waals surface area contributed by atoms with E-state index in [1.165, 1.54) is 14.2 Å². The summed E-state index contributed by atoms with van der Waals surface area (Å²) in [5.41, 5.74) is 6.01. The Morgan fingerprint density at radius 1 is 0.645 bits per heavy atom. The zero-order valence-electron chi connectivity index (χ0n) is 35.1. The number of aromatic nitrogens is 8. The number of benzene rings is 4. The van der Waals surface area contributed by atoms with Crippen molar-refractivity contribution in [2.75, 3.05) is 14.2 Å². The fourth-order valence-electron chi connectivity index (χ4n) is 6.56. The van der Waals surface area contributed by atoms with Crippen molar-refractivity contribution in [1.82, 2.24) is 39.1 Å². The van der Waals surface area contributed by atoms with E-state index in [0.29, 0.717) is 5.69 Å². The average molecular weight is 1080 g/mol. The van der Waals surface area contributed by atoms with Crippen molar-refractivity contribution in [1.29, 1.82) is 0 Å². The molecule has 0 radical (unpaired) electrons. The highest BCUT2D eigenvalue weighted by Crippen LogP contribution is 2.36. The van der Waals surface area contributed by atoms with E-state index < -0.39 is 11.9 Å². The predicted octanol–water partition coefficient (Wildman–Crippen LogP) is 8.87. The van der Waals surface area contributed by atoms with Crippen LogP contribution in [0.4, 0.5) is 0 Å². The molecule has 8 aromatic rings. The van der Waals surface area contributed by atoms with Crippen LogP contribution in [-0.2, 0) is 32.9 Å². The van der Waals surface area contributed by atoms with Gasteiger partial charge in [0.15, 0.2) is 11.4 Å². The third-order valence-electron chi connectivity index (χ3n) is 10.4. The molecule has 1 aliphatic heterocycles. The number of esters is 2. The molecular weight excluding hydrogens is 1030 g/mol. The van der Waals surface area contributed by atoms with Crippen LogP contribution in [0.1, 0.15) is 48.7 Å². The number of methoxy groups -OCH3 is 2. The molecule has 62 heavy (non-hydrogen) atoms. The molecule has 4 aromatic carbocycles. The van der Waals surface area contributed by atoms with Gasteiger partial charge >= 0.3 is 19.1 Å². The Balaban J connectivity index is 0.000000145. The van der Waals surface area contributed by atoms with E-state index >= 15 is 0 Å². The Morgan fingerprint density at radius 2 is 1.15 bits per heavy atom. The zero-order chi connectivity index (χ0) is 44.5. The average Bonchev–Trinajstić information content (AvgIpc) is 4.07. The molecule has 0 atom stereocenters. The molecule has 318 valence electrons. The number of ether oxygens (including phenoxy) is 2. The van der Waals surface area contributed by atoms with Gasteiger partial charge in [-0.25, -0.2) is 19.0 Å². The van der Waals surface area contributed by atoms with E-state index in [2.05, 4.69) is 74.8 Å². The van der Waals surface area contributed by atoms with Gasteiger partial charge in [0.25, 0.3) is 0 Å². The maximum absolute atomic E-state index is 12.3. The molecule has 4 aromatic heterocycles. The molecule has 1 saturated heterocycles. The monoisotopic (exact) mass is 1070 g/mol. The van der Waals surface area contributed by atoms with Crippen molar-refractivity contribution in [3.63, 3.8) is 0 Å². The molecule has 18 heteroatoms. The first-order valence-electron chi connectivity index (χ1n) is 19.2. The number of nitrogens with zero attached hydrogens (tertiary/aromatic N) is 8. The molecule has 1 aliphatic rings. The number of aryl methyl sites for hydroxylation is 2. The summed E-state index contributed by atoms with van der Waals surface area (Å²) in [6.45, 7) is 8.15. The number of halogens is 3. The van der Waals surface area contributed by atoms with E-state index in [4.69, 9.17) is 18.8 Å². The van der Waals surface area contributed by atoms with Crippen LogP contribution < -0.4 is 5.59 Å². The molecular formula is C44H42BBr2IN8O6. The number of carbonyl (C=O) groups excluding carboxylic acids is 2. The number of fused-ring (bicyclic) bond motifs is 2. The standard InChI is InChI=1S/C19H15BrN4O2.C15H10BrIN2O2.C10H17BN2O2/c1-23-9-8-16(21-23)12-6-7-17-15(10-12)18(19(25)26-2)22-24(17)14-5-3-4-13(20)11-14;1-21-15(20)14-12-8-10(17)5-6-13(12)19(18-14)11-4-2-3-9(16)7-11;1-9(2)10(3,4)15-11(14-9)8-6-7-13(5)12-8/h3-11H,1-2H3;2-8H,1H3;6-7H,1-5H3. The summed E-state index contributed by atoms with van der Waals surface area (Å²) in [5, 5.41) is 19.2. The molecule has 0 saturated carbocycles. The van der Waals surface area contributed by atoms with Crippen LogP contribution in [0.15, 0.2) is 118 Å². The van der Waals surface area contributed by atoms with Gasteiger partial charge in [-0.1, -0.05) is 50.1 Å². The van der Waals surface area contributed by atoms with Gasteiger partial charge < -0.3 is 18.8 Å². The van der Waals surface area contributed by atoms with E-state index in [9.17, 15) is 9.59 Å². The van der Waals surface area contributed by atoms with Crippen molar-refractivity contribution < 1.29 is 28.4 Å². The maximum Gasteiger partial charge on any atom is 0.516 e. The Morgan fingerprint density at radius 3 is 1.61 bits per heavy atom. The van der Waals surface area contributed by atoms with Crippen LogP contribution in [0.5, 0.6) is 0 Å². The van der Waals surface area contributed by atoms with Crippen molar-refractivity contribution in [3.8, 4) is 22.6 Å². The topological polar surface area (TPSA) is 142 Å². The van der Waals surface area contributed by atoms with E-state index in [1.54, 1.807) is 18.7 Å². The van der Waals surface area contributed by atoms with Crippen LogP contribution in [0.25, 0.3) is 44.4 Å². The normalized spacial score (nSPS) is 14.0. The molecule has 9 rings (SSSR count). The first-order valence-corrected chi connectivity index (χ1v) is 21.9. The first-order chi connectivity index (χ1) is 29.5. The van der Waals surface area contributed by atoms with Crippen molar-refractivity contribution in [2.45, 2.75) is 38.9 Å². The molecule has 0 bridgehead atoms. The lowest BCUT2D eigenvalue weighted by molar-refractivity contribution is 0.00578. The largest absolute Gasteiger partial charge is 0.516 e. The molecule has 5 heterocycles. The molecule has 0 amide bonds. The summed E-state index contributed by atoms with van der Waals surface area (Å²) in [4.78, 5) is 24.2. The minimum absolute atomic E-state index is 0.278. The molecule has 0 spiro atoms. The van der Waals surface area contributed by atoms with Crippen molar-refractivity contribution >= 4 is 101 Å². The van der Waals surface area contributed by atoms with Gasteiger partial charge in [-0.05, 0) is 129 Å². The highest BCUT2D eigenvalue weighted by Gasteiger charge is 2.52. The number of hydrogen-bond acceptors (Lipinski definition) is 10. The van der Waals surface area contributed by atoms with Crippen LogP contribution in [0, 0.1) is 3.57 Å². The van der Waals surface area contributed by atoms with E-state index in [1.807, 2.05) is 151 Å². The van der Waals surface area contributed by atoms with Gasteiger partial charge in [0, 0.05) is 55.3 Å². The second kappa shape index (κ2) is 18.3. The molecule has 0 unspecified atom stereocenters. The minimum atomic E-state index is -0.470. The Kier molecular flexibility index (Phi) is 13.2. The van der Waals surface area contributed by atoms with Gasteiger partial charge in [-0.2, -0.15) is 20.4 Å².